The van der Waals surface area contributed by atoms with Gasteiger partial charge >= 0.3 is 0 Å². The fourth-order valence-electron chi connectivity index (χ4n) is 3.16. The van der Waals surface area contributed by atoms with Crippen LogP contribution in [0.3, 0.4) is 0 Å². The fraction of sp³-hybridized carbons (Fsp3) is 0.438. The molecule has 3 rings (SSSR count). The van der Waals surface area contributed by atoms with Crippen LogP contribution in [0.15, 0.2) is 18.2 Å². The van der Waals surface area contributed by atoms with Gasteiger partial charge in [-0.15, -0.1) is 0 Å². The van der Waals surface area contributed by atoms with Crippen LogP contribution in [0.5, 0.6) is 0 Å². The Bertz CT molecular complexity index is 609. The number of fused-ring (bicyclic) bond motifs is 1. The van der Waals surface area contributed by atoms with E-state index in [4.69, 9.17) is 0 Å². The van der Waals surface area contributed by atoms with Crippen molar-refractivity contribution in [1.29, 1.82) is 0 Å². The minimum absolute atomic E-state index is 0.253. The summed E-state index contributed by atoms with van der Waals surface area (Å²) < 4.78 is 0. The molecule has 0 amide bonds. The molecule has 2 nitrogen and oxygen atoms in total. The maximum Gasteiger partial charge on any atom is 0.136 e. The lowest BCUT2D eigenvalue weighted by atomic mass is 9.95. The second-order valence-electron chi connectivity index (χ2n) is 5.49. The van der Waals surface area contributed by atoms with Crippen LogP contribution in [0.1, 0.15) is 36.1 Å². The molecule has 1 aliphatic rings. The van der Waals surface area contributed by atoms with Crippen LogP contribution in [-0.4, -0.2) is 10.8 Å². The van der Waals surface area contributed by atoms with Crippen LogP contribution in [0.2, 0.25) is 0 Å². The topological polar surface area (TPSA) is 32.9 Å². The van der Waals surface area contributed by atoms with E-state index >= 15 is 0 Å². The zero-order valence-electron chi connectivity index (χ0n) is 11.0. The molecule has 1 aliphatic carbocycles. The second kappa shape index (κ2) is 4.27. The first kappa shape index (κ1) is 11.5. The number of nitrogens with one attached hydrogen (secondary N) is 1. The van der Waals surface area contributed by atoms with Crippen LogP contribution in [0.25, 0.3) is 10.9 Å². The minimum Gasteiger partial charge on any atom is -0.358 e. The number of carbonyl (C=O) groups is 1. The van der Waals surface area contributed by atoms with Crippen molar-refractivity contribution in [1.82, 2.24) is 4.98 Å². The molecule has 1 heterocycles. The maximum atomic E-state index is 11.8. The van der Waals surface area contributed by atoms with E-state index in [1.54, 1.807) is 0 Å². The highest BCUT2D eigenvalue weighted by Gasteiger charge is 2.26. The highest BCUT2D eigenvalue weighted by Crippen LogP contribution is 2.31. The van der Waals surface area contributed by atoms with Gasteiger partial charge in [0.25, 0.3) is 0 Å². The number of hydrogen-bond acceptors (Lipinski definition) is 1. The van der Waals surface area contributed by atoms with Gasteiger partial charge < -0.3 is 4.98 Å². The van der Waals surface area contributed by atoms with Crippen molar-refractivity contribution in [2.24, 2.45) is 5.92 Å². The number of Topliss-reactive ketones (excluding diaryl/α,β-unsaturated/α-hetero) is 1. The molecule has 1 unspecified atom stereocenters. The molecule has 0 saturated heterocycles. The summed E-state index contributed by atoms with van der Waals surface area (Å²) in [5, 5.41) is 1.30. The molecule has 1 aromatic carbocycles. The van der Waals surface area contributed by atoms with Gasteiger partial charge in [-0.05, 0) is 44.2 Å². The van der Waals surface area contributed by atoms with Crippen molar-refractivity contribution in [3.05, 3.63) is 35.0 Å². The number of aromatic nitrogens is 1. The molecule has 0 aliphatic heterocycles. The van der Waals surface area contributed by atoms with Gasteiger partial charge in [0, 0.05) is 28.9 Å². The number of rotatable bonds is 2. The average Bonchev–Trinajstić information content (AvgIpc) is 2.87. The summed E-state index contributed by atoms with van der Waals surface area (Å²) in [5.41, 5.74) is 5.07. The predicted molar refractivity (Wildman–Crippen MR) is 73.8 cm³/mol. The van der Waals surface area contributed by atoms with E-state index in [0.717, 1.165) is 25.7 Å². The molecule has 1 saturated carbocycles. The molecule has 1 N–H and O–H groups in total. The smallest absolute Gasteiger partial charge is 0.136 e. The lowest BCUT2D eigenvalue weighted by Gasteiger charge is -2.08. The largest absolute Gasteiger partial charge is 0.358 e. The molecule has 2 aromatic rings. The van der Waals surface area contributed by atoms with Crippen molar-refractivity contribution >= 4 is 16.7 Å². The van der Waals surface area contributed by atoms with Gasteiger partial charge in [-0.3, -0.25) is 4.79 Å². The number of benzene rings is 1. The number of ketones is 1. The second-order valence-corrected chi connectivity index (χ2v) is 5.49. The number of aryl methyl sites for hydroxylation is 2. The Hall–Kier alpha value is -1.57. The summed E-state index contributed by atoms with van der Waals surface area (Å²) >= 11 is 0. The predicted octanol–water partition coefficient (Wildman–Crippen LogP) is 3.70. The Morgan fingerprint density at radius 3 is 2.89 bits per heavy atom. The maximum absolute atomic E-state index is 11.8. The summed E-state index contributed by atoms with van der Waals surface area (Å²) in [5.74, 6) is 0.708. The monoisotopic (exact) mass is 241 g/mol. The molecule has 94 valence electrons. The summed E-state index contributed by atoms with van der Waals surface area (Å²) in [6.45, 7) is 4.25. The molecular formula is C16H19NO. The molecular weight excluding hydrogens is 222 g/mol. The average molecular weight is 241 g/mol. The van der Waals surface area contributed by atoms with E-state index in [9.17, 15) is 4.79 Å². The molecule has 1 aromatic heterocycles. The SMILES string of the molecule is Cc1[nH]c2c(C)cccc2c1CC1CCCC1=O. The van der Waals surface area contributed by atoms with Crippen LogP contribution >= 0.6 is 0 Å². The van der Waals surface area contributed by atoms with Gasteiger partial charge in [0.2, 0.25) is 0 Å². The normalized spacial score (nSPS) is 19.9. The lowest BCUT2D eigenvalue weighted by molar-refractivity contribution is -0.120. The van der Waals surface area contributed by atoms with Crippen LogP contribution in [-0.2, 0) is 11.2 Å². The molecule has 1 fully saturated rings. The van der Waals surface area contributed by atoms with Crippen LogP contribution < -0.4 is 0 Å². The highest BCUT2D eigenvalue weighted by atomic mass is 16.1. The van der Waals surface area contributed by atoms with E-state index < -0.39 is 0 Å². The molecule has 0 bridgehead atoms. The molecule has 1 atom stereocenters. The fourth-order valence-corrected chi connectivity index (χ4v) is 3.16. The van der Waals surface area contributed by atoms with Crippen molar-refractivity contribution in [3.63, 3.8) is 0 Å². The van der Waals surface area contributed by atoms with Crippen LogP contribution in [0.4, 0.5) is 0 Å². The molecule has 0 radical (unpaired) electrons. The van der Waals surface area contributed by atoms with Crippen molar-refractivity contribution < 1.29 is 4.79 Å². The number of carbonyl (C=O) groups excluding carboxylic acids is 1. The van der Waals surface area contributed by atoms with Crippen molar-refractivity contribution in [2.45, 2.75) is 39.5 Å². The Morgan fingerprint density at radius 1 is 1.33 bits per heavy atom. The summed E-state index contributed by atoms with van der Waals surface area (Å²) in [4.78, 5) is 15.3. The lowest BCUT2D eigenvalue weighted by Crippen LogP contribution is -2.09. The first-order valence-corrected chi connectivity index (χ1v) is 6.76. The third-order valence-electron chi connectivity index (χ3n) is 4.24. The standard InChI is InChI=1S/C16H19NO/c1-10-5-3-7-13-14(11(2)17-16(10)13)9-12-6-4-8-15(12)18/h3,5,7,12,17H,4,6,8-9H2,1-2H3. The number of hydrogen-bond donors (Lipinski definition) is 1. The molecule has 18 heavy (non-hydrogen) atoms. The first-order valence-electron chi connectivity index (χ1n) is 6.76. The Kier molecular flexibility index (Phi) is 2.73. The van der Waals surface area contributed by atoms with Gasteiger partial charge in [-0.2, -0.15) is 0 Å². The number of para-hydroxylation sites is 1. The number of H-pyrrole nitrogens is 1. The van der Waals surface area contributed by atoms with Crippen molar-refractivity contribution in [2.75, 3.05) is 0 Å². The Labute approximate surface area is 107 Å². The quantitative estimate of drug-likeness (QED) is 0.854. The van der Waals surface area contributed by atoms with E-state index in [0.29, 0.717) is 5.78 Å². The van der Waals surface area contributed by atoms with Crippen LogP contribution in [0, 0.1) is 19.8 Å². The zero-order valence-corrected chi connectivity index (χ0v) is 11.0. The van der Waals surface area contributed by atoms with E-state index in [2.05, 4.69) is 37.0 Å². The summed E-state index contributed by atoms with van der Waals surface area (Å²) in [7, 11) is 0. The van der Waals surface area contributed by atoms with Gasteiger partial charge in [0.1, 0.15) is 5.78 Å². The number of aromatic amines is 1. The zero-order chi connectivity index (χ0) is 12.7. The minimum atomic E-state index is 0.253. The Morgan fingerprint density at radius 2 is 2.17 bits per heavy atom. The first-order chi connectivity index (χ1) is 8.66. The summed E-state index contributed by atoms with van der Waals surface area (Å²) in [6, 6.07) is 6.40. The van der Waals surface area contributed by atoms with Gasteiger partial charge in [-0.25, -0.2) is 0 Å². The van der Waals surface area contributed by atoms with Gasteiger partial charge in [0.15, 0.2) is 0 Å². The molecule has 0 spiro atoms. The van der Waals surface area contributed by atoms with E-state index in [1.807, 2.05) is 0 Å². The van der Waals surface area contributed by atoms with E-state index in [-0.39, 0.29) is 5.92 Å². The van der Waals surface area contributed by atoms with Crippen molar-refractivity contribution in [3.8, 4) is 0 Å². The Balaban J connectivity index is 2.03. The third-order valence-corrected chi connectivity index (χ3v) is 4.24. The summed E-state index contributed by atoms with van der Waals surface area (Å²) in [6.07, 6.45) is 3.83. The third kappa shape index (κ3) is 1.76. The van der Waals surface area contributed by atoms with Gasteiger partial charge in [0.05, 0.1) is 0 Å². The highest BCUT2D eigenvalue weighted by molar-refractivity contribution is 5.89. The molecule has 2 heteroatoms. The van der Waals surface area contributed by atoms with Gasteiger partial charge in [-0.1, -0.05) is 18.2 Å². The van der Waals surface area contributed by atoms with E-state index in [1.165, 1.54) is 27.7 Å².